The summed E-state index contributed by atoms with van der Waals surface area (Å²) in [7, 11) is 1.54. The maximum atomic E-state index is 12.7. The third-order valence-electron chi connectivity index (χ3n) is 5.49. The first-order chi connectivity index (χ1) is 17.7. The van der Waals surface area contributed by atoms with E-state index in [2.05, 4.69) is 32.0 Å². The Morgan fingerprint density at radius 2 is 2.03 bits per heavy atom. The molecule has 1 aromatic carbocycles. The fraction of sp³-hybridized carbons (Fsp3) is 0.154. The van der Waals surface area contributed by atoms with Gasteiger partial charge < -0.3 is 5.32 Å². The lowest BCUT2D eigenvalue weighted by Crippen LogP contribution is -2.11. The molecule has 0 saturated heterocycles. The average molecular weight is 501 g/mol. The van der Waals surface area contributed by atoms with E-state index in [4.69, 9.17) is 0 Å². The molecule has 4 rings (SSSR count). The minimum atomic E-state index is -2.64. The van der Waals surface area contributed by atoms with E-state index in [-0.39, 0.29) is 17.1 Å². The number of benzene rings is 1. The van der Waals surface area contributed by atoms with Crippen LogP contribution < -0.4 is 5.32 Å². The monoisotopic (exact) mass is 500 g/mol. The van der Waals surface area contributed by atoms with E-state index < -0.39 is 6.43 Å². The van der Waals surface area contributed by atoms with Crippen molar-refractivity contribution in [1.82, 2.24) is 24.3 Å². The van der Waals surface area contributed by atoms with Gasteiger partial charge in [-0.15, -0.1) is 0 Å². The highest BCUT2D eigenvalue weighted by atomic mass is 19.3. The van der Waals surface area contributed by atoms with Gasteiger partial charge >= 0.3 is 0 Å². The van der Waals surface area contributed by atoms with Crippen LogP contribution >= 0.6 is 0 Å². The summed E-state index contributed by atoms with van der Waals surface area (Å²) in [6, 6.07) is 12.4. The maximum absolute atomic E-state index is 12.7. The van der Waals surface area contributed by atoms with Gasteiger partial charge in [-0.2, -0.15) is 10.4 Å². The van der Waals surface area contributed by atoms with E-state index in [1.54, 1.807) is 55.2 Å². The summed E-state index contributed by atoms with van der Waals surface area (Å²) in [6.07, 6.45) is 1.60. The molecule has 0 amide bonds. The number of alkyl halides is 2. The van der Waals surface area contributed by atoms with Crippen LogP contribution in [0.4, 0.5) is 14.5 Å². The summed E-state index contributed by atoms with van der Waals surface area (Å²) < 4.78 is 28.6. The van der Waals surface area contributed by atoms with Crippen molar-refractivity contribution in [2.75, 3.05) is 12.4 Å². The lowest BCUT2D eigenvalue weighted by molar-refractivity contribution is 0.101. The minimum absolute atomic E-state index is 0.187. The number of carbonyl (C=O) groups excluding carboxylic acids is 1. The van der Waals surface area contributed by atoms with Gasteiger partial charge in [-0.05, 0) is 56.3 Å². The van der Waals surface area contributed by atoms with Crippen LogP contribution in [0.5, 0.6) is 0 Å². The average Bonchev–Trinajstić information content (AvgIpc) is 3.48. The van der Waals surface area contributed by atoms with Crippen LogP contribution in [0.25, 0.3) is 22.7 Å². The first-order valence-corrected chi connectivity index (χ1v) is 11.1. The zero-order valence-electron chi connectivity index (χ0n) is 20.3. The van der Waals surface area contributed by atoms with Crippen molar-refractivity contribution in [3.8, 4) is 17.7 Å². The van der Waals surface area contributed by atoms with Gasteiger partial charge in [0.2, 0.25) is 0 Å². The van der Waals surface area contributed by atoms with Crippen molar-refractivity contribution in [1.29, 1.82) is 5.26 Å². The number of aliphatic imine (C=N–C) groups is 1. The molecule has 3 heterocycles. The molecule has 9 nitrogen and oxygen atoms in total. The van der Waals surface area contributed by atoms with Gasteiger partial charge in [0.15, 0.2) is 17.3 Å². The van der Waals surface area contributed by atoms with E-state index in [1.165, 1.54) is 23.8 Å². The van der Waals surface area contributed by atoms with Crippen LogP contribution in [0.2, 0.25) is 0 Å². The summed E-state index contributed by atoms with van der Waals surface area (Å²) in [5.74, 6) is 0.997. The van der Waals surface area contributed by atoms with Crippen molar-refractivity contribution >= 4 is 28.3 Å². The standard InChI is InChI=1S/C26H22F2N8O/c1-15(25(27)28)5-9-23(30-4)32-18-6-8-22-21(12-18)31-14-35(22)24-10-7-20(17(3)37)26(33-24)36-16(2)11-19(13-29)34-36/h5-12,14,25H,1H2,2-4H3,(H,30,32)/b9-5-. The van der Waals surface area contributed by atoms with E-state index >= 15 is 0 Å². The number of ketones is 1. The van der Waals surface area contributed by atoms with Crippen molar-refractivity contribution in [2.45, 2.75) is 20.3 Å². The lowest BCUT2D eigenvalue weighted by Gasteiger charge is -2.12. The Balaban J connectivity index is 1.69. The number of nitrogens with zero attached hydrogens (tertiary/aromatic N) is 7. The first kappa shape index (κ1) is 25.1. The molecule has 0 bridgehead atoms. The van der Waals surface area contributed by atoms with Crippen LogP contribution in [0.1, 0.15) is 28.7 Å². The number of imidazole rings is 1. The van der Waals surface area contributed by atoms with Gasteiger partial charge in [0.1, 0.15) is 24.1 Å². The quantitative estimate of drug-likeness (QED) is 0.169. The summed E-state index contributed by atoms with van der Waals surface area (Å²) in [4.78, 5) is 25.5. The molecule has 0 spiro atoms. The van der Waals surface area contributed by atoms with Gasteiger partial charge in [-0.25, -0.2) is 23.4 Å². The number of rotatable bonds is 7. The summed E-state index contributed by atoms with van der Waals surface area (Å²) >= 11 is 0. The number of fused-ring (bicyclic) bond motifs is 1. The molecule has 0 radical (unpaired) electrons. The second-order valence-corrected chi connectivity index (χ2v) is 8.05. The molecule has 37 heavy (non-hydrogen) atoms. The molecule has 0 aliphatic rings. The number of nitriles is 1. The molecule has 4 aromatic rings. The largest absolute Gasteiger partial charge is 0.340 e. The highest BCUT2D eigenvalue weighted by Gasteiger charge is 2.17. The molecule has 0 saturated carbocycles. The van der Waals surface area contributed by atoms with Crippen LogP contribution in [-0.4, -0.2) is 49.4 Å². The molecule has 3 aromatic heterocycles. The van der Waals surface area contributed by atoms with Crippen LogP contribution in [0.15, 0.2) is 72.0 Å². The van der Waals surface area contributed by atoms with E-state index in [1.807, 2.05) is 12.1 Å². The number of amidine groups is 1. The number of hydrogen-bond donors (Lipinski definition) is 1. The number of halogens is 2. The predicted molar refractivity (Wildman–Crippen MR) is 137 cm³/mol. The first-order valence-electron chi connectivity index (χ1n) is 11.1. The zero-order valence-corrected chi connectivity index (χ0v) is 20.3. The lowest BCUT2D eigenvalue weighted by atomic mass is 10.2. The number of anilines is 1. The van der Waals surface area contributed by atoms with Crippen molar-refractivity contribution in [2.24, 2.45) is 4.99 Å². The van der Waals surface area contributed by atoms with Gasteiger partial charge in [0, 0.05) is 24.0 Å². The zero-order chi connectivity index (χ0) is 26.7. The summed E-state index contributed by atoms with van der Waals surface area (Å²) in [6.45, 7) is 6.53. The third kappa shape index (κ3) is 5.18. The van der Waals surface area contributed by atoms with Gasteiger partial charge in [0.05, 0.1) is 16.6 Å². The summed E-state index contributed by atoms with van der Waals surface area (Å²) in [5, 5.41) is 16.5. The number of pyridine rings is 1. The normalized spacial score (nSPS) is 11.9. The Kier molecular flexibility index (Phi) is 7.01. The highest BCUT2D eigenvalue weighted by molar-refractivity contribution is 6.04. The fourth-order valence-electron chi connectivity index (χ4n) is 3.60. The van der Waals surface area contributed by atoms with Crippen molar-refractivity contribution in [3.05, 3.63) is 84.0 Å². The number of aromatic nitrogens is 5. The molecule has 11 heteroatoms. The number of aryl methyl sites for hydroxylation is 1. The second-order valence-electron chi connectivity index (χ2n) is 8.05. The molecular weight excluding hydrogens is 478 g/mol. The fourth-order valence-corrected chi connectivity index (χ4v) is 3.60. The highest BCUT2D eigenvalue weighted by Crippen LogP contribution is 2.24. The number of hydrogen-bond acceptors (Lipinski definition) is 6. The van der Waals surface area contributed by atoms with E-state index in [0.717, 1.165) is 5.52 Å². The van der Waals surface area contributed by atoms with Gasteiger partial charge in [-0.3, -0.25) is 14.4 Å². The molecule has 0 aliphatic heterocycles. The SMILES string of the molecule is C=C(/C=C\C(=N/C)Nc1ccc2c(c1)ncn2-c1ccc(C(C)=O)c(-n2nc(C#N)cc2C)n1)C(F)F. The number of carbonyl (C=O) groups is 1. The van der Waals surface area contributed by atoms with Crippen LogP contribution in [0.3, 0.4) is 0 Å². The van der Waals surface area contributed by atoms with Crippen molar-refractivity contribution < 1.29 is 13.6 Å². The molecular formula is C26H22F2N8O. The molecule has 1 N–H and O–H groups in total. The van der Waals surface area contributed by atoms with Crippen molar-refractivity contribution in [3.63, 3.8) is 0 Å². The summed E-state index contributed by atoms with van der Waals surface area (Å²) in [5.41, 5.74) is 2.97. The van der Waals surface area contributed by atoms with Gasteiger partial charge in [0.25, 0.3) is 6.43 Å². The van der Waals surface area contributed by atoms with Crippen LogP contribution in [-0.2, 0) is 0 Å². The third-order valence-corrected chi connectivity index (χ3v) is 5.49. The molecule has 0 unspecified atom stereocenters. The number of nitrogens with one attached hydrogen (secondary N) is 1. The van der Waals surface area contributed by atoms with Gasteiger partial charge in [-0.1, -0.05) is 12.7 Å². The maximum Gasteiger partial charge on any atom is 0.263 e. The number of Topliss-reactive ketones (excluding diaryl/α,β-unsaturated/α-hetero) is 1. The number of allylic oxidation sites excluding steroid dienone is 2. The Labute approximate surface area is 211 Å². The smallest absolute Gasteiger partial charge is 0.263 e. The molecule has 0 aliphatic carbocycles. The Bertz CT molecular complexity index is 1620. The Morgan fingerprint density at radius 3 is 2.68 bits per heavy atom. The second kappa shape index (κ2) is 10.3. The van der Waals surface area contributed by atoms with Crippen LogP contribution in [0, 0.1) is 18.3 Å². The van der Waals surface area contributed by atoms with E-state index in [0.29, 0.717) is 39.9 Å². The molecule has 0 fully saturated rings. The Hall–Kier alpha value is -4.98. The predicted octanol–water partition coefficient (Wildman–Crippen LogP) is 4.81. The topological polar surface area (TPSA) is 114 Å². The van der Waals surface area contributed by atoms with E-state index in [9.17, 15) is 18.8 Å². The Morgan fingerprint density at radius 1 is 1.24 bits per heavy atom. The minimum Gasteiger partial charge on any atom is -0.340 e. The molecule has 186 valence electrons. The molecule has 0 atom stereocenters.